The Balaban J connectivity index is 2.28. The summed E-state index contributed by atoms with van der Waals surface area (Å²) in [6.45, 7) is 1.76. The molecule has 2 aliphatic heterocycles. The largest absolute Gasteiger partial charge is 0.382 e. The molecule has 0 bridgehead atoms. The van der Waals surface area contributed by atoms with E-state index in [1.54, 1.807) is 0 Å². The molecule has 0 saturated carbocycles. The number of nitrogens with two attached hydrogens (primary N) is 2. The van der Waals surface area contributed by atoms with Crippen molar-refractivity contribution in [2.45, 2.75) is 6.17 Å². The van der Waals surface area contributed by atoms with E-state index in [9.17, 15) is 0 Å². The Hall–Kier alpha value is -1.43. The molecule has 0 spiro atoms. The Kier molecular flexibility index (Phi) is 1.54. The molecule has 6 nitrogen and oxygen atoms in total. The van der Waals surface area contributed by atoms with E-state index in [0.717, 1.165) is 18.8 Å². The predicted molar refractivity (Wildman–Crippen MR) is 45.8 cm³/mol. The van der Waals surface area contributed by atoms with Gasteiger partial charge in [-0.05, 0) is 0 Å². The van der Waals surface area contributed by atoms with E-state index in [0.29, 0.717) is 11.8 Å². The van der Waals surface area contributed by atoms with Crippen molar-refractivity contribution in [1.29, 1.82) is 0 Å². The topological polar surface area (TPSA) is 100 Å². The SMILES string of the molecule is NC1=NC(N)=C2NCCNC2N1. The van der Waals surface area contributed by atoms with Gasteiger partial charge in [-0.1, -0.05) is 0 Å². The fraction of sp³-hybridized carbons (Fsp3) is 0.500. The Morgan fingerprint density at radius 1 is 1.33 bits per heavy atom. The summed E-state index contributed by atoms with van der Waals surface area (Å²) in [7, 11) is 0. The summed E-state index contributed by atoms with van der Waals surface area (Å²) in [6, 6.07) is 0. The van der Waals surface area contributed by atoms with Crippen LogP contribution in [0.3, 0.4) is 0 Å². The Bertz CT molecular complexity index is 255. The molecule has 0 aromatic rings. The molecule has 0 aliphatic carbocycles. The van der Waals surface area contributed by atoms with Crippen LogP contribution in [0.15, 0.2) is 16.5 Å². The van der Waals surface area contributed by atoms with E-state index in [-0.39, 0.29) is 6.17 Å². The average Bonchev–Trinajstić information content (AvgIpc) is 2.04. The summed E-state index contributed by atoms with van der Waals surface area (Å²) in [4.78, 5) is 3.91. The van der Waals surface area contributed by atoms with Gasteiger partial charge in [-0.2, -0.15) is 4.99 Å². The number of rotatable bonds is 0. The van der Waals surface area contributed by atoms with Gasteiger partial charge in [0.1, 0.15) is 12.0 Å². The lowest BCUT2D eigenvalue weighted by Gasteiger charge is -2.32. The Morgan fingerprint density at radius 3 is 3.00 bits per heavy atom. The van der Waals surface area contributed by atoms with Crippen LogP contribution in [0.5, 0.6) is 0 Å². The number of hydrogen-bond acceptors (Lipinski definition) is 6. The number of nitrogens with one attached hydrogen (secondary N) is 3. The van der Waals surface area contributed by atoms with Crippen molar-refractivity contribution in [3.05, 3.63) is 11.5 Å². The first kappa shape index (κ1) is 7.23. The van der Waals surface area contributed by atoms with Gasteiger partial charge < -0.3 is 22.1 Å². The van der Waals surface area contributed by atoms with E-state index in [1.165, 1.54) is 0 Å². The van der Waals surface area contributed by atoms with Crippen molar-refractivity contribution in [2.75, 3.05) is 13.1 Å². The fourth-order valence-corrected chi connectivity index (χ4v) is 1.35. The van der Waals surface area contributed by atoms with Crippen molar-refractivity contribution >= 4 is 5.96 Å². The maximum Gasteiger partial charge on any atom is 0.196 e. The molecule has 0 aromatic heterocycles. The maximum atomic E-state index is 5.65. The molecular weight excluding hydrogens is 156 g/mol. The summed E-state index contributed by atoms with van der Waals surface area (Å²) < 4.78 is 0. The van der Waals surface area contributed by atoms with Crippen LogP contribution in [0.25, 0.3) is 0 Å². The highest BCUT2D eigenvalue weighted by molar-refractivity contribution is 5.80. The summed E-state index contributed by atoms with van der Waals surface area (Å²) in [6.07, 6.45) is -0.00347. The molecule has 0 aromatic carbocycles. The van der Waals surface area contributed by atoms with Crippen LogP contribution in [0.4, 0.5) is 0 Å². The van der Waals surface area contributed by atoms with E-state index < -0.39 is 0 Å². The number of hydrogen-bond donors (Lipinski definition) is 5. The average molecular weight is 168 g/mol. The zero-order valence-corrected chi connectivity index (χ0v) is 6.59. The van der Waals surface area contributed by atoms with Crippen LogP contribution in [0.1, 0.15) is 0 Å². The van der Waals surface area contributed by atoms with Crippen molar-refractivity contribution in [3.8, 4) is 0 Å². The highest BCUT2D eigenvalue weighted by Crippen LogP contribution is 2.07. The lowest BCUT2D eigenvalue weighted by atomic mass is 10.2. The summed E-state index contributed by atoms with van der Waals surface area (Å²) >= 11 is 0. The van der Waals surface area contributed by atoms with Gasteiger partial charge in [0.15, 0.2) is 5.96 Å². The predicted octanol–water partition coefficient (Wildman–Crippen LogP) is -2.45. The molecule has 1 saturated heterocycles. The summed E-state index contributed by atoms with van der Waals surface area (Å²) in [5, 5.41) is 9.33. The van der Waals surface area contributed by atoms with E-state index >= 15 is 0 Å². The van der Waals surface area contributed by atoms with Crippen LogP contribution in [0, 0.1) is 0 Å². The maximum absolute atomic E-state index is 5.65. The second-order valence-corrected chi connectivity index (χ2v) is 2.75. The third kappa shape index (κ3) is 1.06. The smallest absolute Gasteiger partial charge is 0.196 e. The quantitative estimate of drug-likeness (QED) is 0.276. The second kappa shape index (κ2) is 2.56. The minimum atomic E-state index is -0.00347. The Morgan fingerprint density at radius 2 is 2.17 bits per heavy atom. The van der Waals surface area contributed by atoms with Crippen LogP contribution in [0.2, 0.25) is 0 Å². The molecule has 2 heterocycles. The van der Waals surface area contributed by atoms with Gasteiger partial charge in [0.05, 0.1) is 5.70 Å². The standard InChI is InChI=1S/C6H12N6/c7-4-3-5(10-2-1-9-3)12-6(8)11-4/h5,9-10H,1-2,7H2,(H3,8,11,12). The molecule has 12 heavy (non-hydrogen) atoms. The van der Waals surface area contributed by atoms with Gasteiger partial charge in [-0.3, -0.25) is 5.32 Å². The summed E-state index contributed by atoms with van der Waals surface area (Å²) in [5.41, 5.74) is 12.0. The van der Waals surface area contributed by atoms with Crippen LogP contribution < -0.4 is 27.4 Å². The number of piperazine rings is 1. The molecule has 7 N–H and O–H groups in total. The molecule has 1 unspecified atom stereocenters. The van der Waals surface area contributed by atoms with E-state index in [4.69, 9.17) is 11.5 Å². The number of nitrogens with zero attached hydrogens (tertiary/aromatic N) is 1. The normalized spacial score (nSPS) is 28.3. The first-order valence-electron chi connectivity index (χ1n) is 3.85. The molecule has 1 fully saturated rings. The second-order valence-electron chi connectivity index (χ2n) is 2.75. The molecule has 2 rings (SSSR count). The highest BCUT2D eigenvalue weighted by atomic mass is 15.3. The van der Waals surface area contributed by atoms with Crippen LogP contribution in [-0.2, 0) is 0 Å². The van der Waals surface area contributed by atoms with E-state index in [1.807, 2.05) is 0 Å². The summed E-state index contributed by atoms with van der Waals surface area (Å²) in [5.74, 6) is 0.820. The third-order valence-corrected chi connectivity index (χ3v) is 1.89. The first-order valence-corrected chi connectivity index (χ1v) is 3.85. The number of fused-ring (bicyclic) bond motifs is 1. The van der Waals surface area contributed by atoms with Crippen LogP contribution >= 0.6 is 0 Å². The molecule has 0 amide bonds. The minimum absolute atomic E-state index is 0.00347. The number of aliphatic imine (C=N–C) groups is 1. The lowest BCUT2D eigenvalue weighted by molar-refractivity contribution is 0.446. The monoisotopic (exact) mass is 168 g/mol. The zero-order valence-electron chi connectivity index (χ0n) is 6.59. The van der Waals surface area contributed by atoms with Gasteiger partial charge in [0.2, 0.25) is 0 Å². The lowest BCUT2D eigenvalue weighted by Crippen LogP contribution is -2.59. The molecule has 6 heteroatoms. The van der Waals surface area contributed by atoms with Gasteiger partial charge in [0, 0.05) is 13.1 Å². The minimum Gasteiger partial charge on any atom is -0.382 e. The van der Waals surface area contributed by atoms with Gasteiger partial charge in [-0.15, -0.1) is 0 Å². The van der Waals surface area contributed by atoms with Crippen molar-refractivity contribution in [2.24, 2.45) is 16.5 Å². The van der Waals surface area contributed by atoms with Crippen molar-refractivity contribution in [1.82, 2.24) is 16.0 Å². The Labute approximate surface area is 70.1 Å². The molecule has 66 valence electrons. The zero-order chi connectivity index (χ0) is 8.55. The van der Waals surface area contributed by atoms with E-state index in [2.05, 4.69) is 20.9 Å². The van der Waals surface area contributed by atoms with Gasteiger partial charge >= 0.3 is 0 Å². The fourth-order valence-electron chi connectivity index (χ4n) is 1.35. The van der Waals surface area contributed by atoms with Gasteiger partial charge in [0.25, 0.3) is 0 Å². The molecule has 1 atom stereocenters. The molecular formula is C6H12N6. The van der Waals surface area contributed by atoms with Gasteiger partial charge in [-0.25, -0.2) is 0 Å². The highest BCUT2D eigenvalue weighted by Gasteiger charge is 2.24. The molecule has 2 aliphatic rings. The third-order valence-electron chi connectivity index (χ3n) is 1.89. The van der Waals surface area contributed by atoms with Crippen molar-refractivity contribution in [3.63, 3.8) is 0 Å². The van der Waals surface area contributed by atoms with Crippen LogP contribution in [-0.4, -0.2) is 25.2 Å². The molecule has 0 radical (unpaired) electrons. The first-order chi connectivity index (χ1) is 5.77. The number of guanidine groups is 1. The van der Waals surface area contributed by atoms with Crippen molar-refractivity contribution < 1.29 is 0 Å².